The van der Waals surface area contributed by atoms with Crippen molar-refractivity contribution in [3.05, 3.63) is 11.8 Å². The molecule has 17 heavy (non-hydrogen) atoms. The summed E-state index contributed by atoms with van der Waals surface area (Å²) >= 11 is 0. The Morgan fingerprint density at radius 3 is 2.59 bits per heavy atom. The molecule has 1 aromatic rings. The van der Waals surface area contributed by atoms with Crippen LogP contribution in [0.4, 0.5) is 5.82 Å². The van der Waals surface area contributed by atoms with Crippen LogP contribution in [0.3, 0.4) is 0 Å². The van der Waals surface area contributed by atoms with Crippen molar-refractivity contribution in [2.24, 2.45) is 0 Å². The highest BCUT2D eigenvalue weighted by Crippen LogP contribution is 2.06. The van der Waals surface area contributed by atoms with E-state index in [-0.39, 0.29) is 12.5 Å². The van der Waals surface area contributed by atoms with E-state index >= 15 is 0 Å². The molecule has 2 rings (SSSR count). The van der Waals surface area contributed by atoms with Gasteiger partial charge in [0.05, 0.1) is 0 Å². The molecular formula is C11H19N5O. The predicted molar refractivity (Wildman–Crippen MR) is 65.5 cm³/mol. The summed E-state index contributed by atoms with van der Waals surface area (Å²) in [6, 6.07) is 1.78. The number of carbonyl (C=O) groups excluding carboxylic acids is 1. The number of anilines is 1. The van der Waals surface area contributed by atoms with Gasteiger partial charge in [0, 0.05) is 37.9 Å². The number of aryl methyl sites for hydroxylation is 1. The summed E-state index contributed by atoms with van der Waals surface area (Å²) in [5, 5.41) is 4.10. The van der Waals surface area contributed by atoms with Crippen molar-refractivity contribution in [1.29, 1.82) is 0 Å². The highest BCUT2D eigenvalue weighted by Gasteiger charge is 2.19. The highest BCUT2D eigenvalue weighted by molar-refractivity contribution is 5.76. The lowest BCUT2D eigenvalue weighted by molar-refractivity contribution is -0.133. The summed E-state index contributed by atoms with van der Waals surface area (Å²) in [5.41, 5.74) is 6.51. The Hall–Kier alpha value is -1.56. The third-order valence-corrected chi connectivity index (χ3v) is 3.14. The lowest BCUT2D eigenvalue weighted by atomic mass is 10.3. The van der Waals surface area contributed by atoms with Gasteiger partial charge in [-0.3, -0.25) is 9.48 Å². The summed E-state index contributed by atoms with van der Waals surface area (Å²) in [7, 11) is 2.07. The second-order valence-electron chi connectivity index (χ2n) is 4.55. The first-order valence-corrected chi connectivity index (χ1v) is 5.82. The molecule has 1 fully saturated rings. The van der Waals surface area contributed by atoms with Crippen LogP contribution in [0.25, 0.3) is 0 Å². The predicted octanol–water partition coefficient (Wildman–Crippen LogP) is -0.452. The largest absolute Gasteiger partial charge is 0.382 e. The van der Waals surface area contributed by atoms with Gasteiger partial charge in [-0.15, -0.1) is 0 Å². The maximum absolute atomic E-state index is 12.0. The Labute approximate surface area is 101 Å². The number of carbonyl (C=O) groups is 1. The van der Waals surface area contributed by atoms with Gasteiger partial charge >= 0.3 is 0 Å². The summed E-state index contributed by atoms with van der Waals surface area (Å²) in [6.07, 6.45) is 0. The van der Waals surface area contributed by atoms with Crippen molar-refractivity contribution in [3.8, 4) is 0 Å². The Morgan fingerprint density at radius 2 is 2.06 bits per heavy atom. The van der Waals surface area contributed by atoms with Crippen LogP contribution in [0.5, 0.6) is 0 Å². The van der Waals surface area contributed by atoms with Crippen molar-refractivity contribution in [3.63, 3.8) is 0 Å². The van der Waals surface area contributed by atoms with Gasteiger partial charge in [0.15, 0.2) is 0 Å². The SMILES string of the molecule is Cc1cc(N)nn1CC(=O)N1CCN(C)CC1. The molecule has 0 spiro atoms. The number of nitrogen functional groups attached to an aromatic ring is 1. The van der Waals surface area contributed by atoms with Crippen molar-refractivity contribution >= 4 is 11.7 Å². The van der Waals surface area contributed by atoms with Gasteiger partial charge in [0.2, 0.25) is 5.91 Å². The van der Waals surface area contributed by atoms with E-state index in [1.54, 1.807) is 10.7 Å². The number of aromatic nitrogens is 2. The summed E-state index contributed by atoms with van der Waals surface area (Å²) < 4.78 is 1.66. The van der Waals surface area contributed by atoms with Gasteiger partial charge in [-0.25, -0.2) is 0 Å². The molecule has 1 saturated heterocycles. The summed E-state index contributed by atoms with van der Waals surface area (Å²) in [6.45, 7) is 5.65. The summed E-state index contributed by atoms with van der Waals surface area (Å²) in [5.74, 6) is 0.581. The molecule has 1 aliphatic rings. The van der Waals surface area contributed by atoms with E-state index in [0.29, 0.717) is 5.82 Å². The second kappa shape index (κ2) is 4.75. The zero-order chi connectivity index (χ0) is 12.4. The first-order valence-electron chi connectivity index (χ1n) is 5.82. The summed E-state index contributed by atoms with van der Waals surface area (Å²) in [4.78, 5) is 16.2. The van der Waals surface area contributed by atoms with Crippen molar-refractivity contribution in [1.82, 2.24) is 19.6 Å². The molecule has 0 atom stereocenters. The minimum atomic E-state index is 0.115. The van der Waals surface area contributed by atoms with Gasteiger partial charge < -0.3 is 15.5 Å². The van der Waals surface area contributed by atoms with Crippen LogP contribution in [0, 0.1) is 6.92 Å². The van der Waals surface area contributed by atoms with E-state index in [1.165, 1.54) is 0 Å². The van der Waals surface area contributed by atoms with E-state index in [4.69, 9.17) is 5.73 Å². The highest BCUT2D eigenvalue weighted by atomic mass is 16.2. The molecule has 0 saturated carbocycles. The minimum Gasteiger partial charge on any atom is -0.382 e. The number of nitrogens with zero attached hydrogens (tertiary/aromatic N) is 4. The molecule has 6 nitrogen and oxygen atoms in total. The molecule has 1 aromatic heterocycles. The monoisotopic (exact) mass is 237 g/mol. The Morgan fingerprint density at radius 1 is 1.41 bits per heavy atom. The molecule has 0 radical (unpaired) electrons. The average Bonchev–Trinajstić information content (AvgIpc) is 2.58. The molecule has 0 aromatic carbocycles. The number of piperazine rings is 1. The van der Waals surface area contributed by atoms with Crippen LogP contribution in [0.2, 0.25) is 0 Å². The fraction of sp³-hybridized carbons (Fsp3) is 0.636. The molecule has 1 amide bonds. The molecule has 2 heterocycles. The molecule has 0 aliphatic carbocycles. The van der Waals surface area contributed by atoms with Gasteiger partial charge in [-0.1, -0.05) is 0 Å². The average molecular weight is 237 g/mol. The van der Waals surface area contributed by atoms with Crippen molar-refractivity contribution < 1.29 is 4.79 Å². The lowest BCUT2D eigenvalue weighted by Crippen LogP contribution is -2.48. The molecule has 1 aliphatic heterocycles. The number of likely N-dealkylation sites (N-methyl/N-ethyl adjacent to an activating group) is 1. The Bertz CT molecular complexity index is 406. The van der Waals surface area contributed by atoms with Crippen LogP contribution >= 0.6 is 0 Å². The topological polar surface area (TPSA) is 67.4 Å². The Kier molecular flexibility index (Phi) is 3.33. The fourth-order valence-electron chi connectivity index (χ4n) is 1.98. The van der Waals surface area contributed by atoms with Crippen LogP contribution in [0.1, 0.15) is 5.69 Å². The van der Waals surface area contributed by atoms with E-state index in [0.717, 1.165) is 31.9 Å². The minimum absolute atomic E-state index is 0.115. The van der Waals surface area contributed by atoms with Crippen molar-refractivity contribution in [2.45, 2.75) is 13.5 Å². The fourth-order valence-corrected chi connectivity index (χ4v) is 1.98. The van der Waals surface area contributed by atoms with Gasteiger partial charge in [-0.05, 0) is 14.0 Å². The van der Waals surface area contributed by atoms with E-state index < -0.39 is 0 Å². The first-order chi connectivity index (χ1) is 8.06. The zero-order valence-corrected chi connectivity index (χ0v) is 10.4. The van der Waals surface area contributed by atoms with E-state index in [1.807, 2.05) is 11.8 Å². The third kappa shape index (κ3) is 2.76. The molecule has 0 unspecified atom stereocenters. The van der Waals surface area contributed by atoms with Crippen LogP contribution < -0.4 is 5.73 Å². The van der Waals surface area contributed by atoms with Gasteiger partial charge in [-0.2, -0.15) is 5.10 Å². The lowest BCUT2D eigenvalue weighted by Gasteiger charge is -2.32. The molecular weight excluding hydrogens is 218 g/mol. The number of amides is 1. The van der Waals surface area contributed by atoms with Gasteiger partial charge in [0.25, 0.3) is 0 Å². The number of nitrogens with two attached hydrogens (primary N) is 1. The van der Waals surface area contributed by atoms with Crippen LogP contribution in [-0.4, -0.2) is 58.7 Å². The molecule has 6 heteroatoms. The quantitative estimate of drug-likeness (QED) is 0.756. The smallest absolute Gasteiger partial charge is 0.244 e. The van der Waals surface area contributed by atoms with E-state index in [2.05, 4.69) is 17.0 Å². The van der Waals surface area contributed by atoms with Crippen LogP contribution in [0.15, 0.2) is 6.07 Å². The van der Waals surface area contributed by atoms with Crippen molar-refractivity contribution in [2.75, 3.05) is 39.0 Å². The molecule has 2 N–H and O–H groups in total. The van der Waals surface area contributed by atoms with Crippen LogP contribution in [-0.2, 0) is 11.3 Å². The Balaban J connectivity index is 1.95. The normalized spacial score (nSPS) is 17.4. The third-order valence-electron chi connectivity index (χ3n) is 3.14. The maximum atomic E-state index is 12.0. The van der Waals surface area contributed by atoms with Gasteiger partial charge in [0.1, 0.15) is 12.4 Å². The second-order valence-corrected chi connectivity index (χ2v) is 4.55. The number of rotatable bonds is 2. The van der Waals surface area contributed by atoms with E-state index in [9.17, 15) is 4.79 Å². The first kappa shape index (κ1) is 11.9. The molecule has 0 bridgehead atoms. The number of hydrogen-bond donors (Lipinski definition) is 1. The maximum Gasteiger partial charge on any atom is 0.244 e. The zero-order valence-electron chi connectivity index (χ0n) is 10.4. The standard InChI is InChI=1S/C11H19N5O/c1-9-7-10(12)13-16(9)8-11(17)15-5-3-14(2)4-6-15/h7H,3-6,8H2,1-2H3,(H2,12,13). The number of hydrogen-bond acceptors (Lipinski definition) is 4. The molecule has 94 valence electrons.